The Hall–Kier alpha value is -0.280. The van der Waals surface area contributed by atoms with E-state index >= 15 is 0 Å². The Bertz CT molecular complexity index is 225. The van der Waals surface area contributed by atoms with E-state index in [0.717, 1.165) is 26.2 Å². The van der Waals surface area contributed by atoms with Crippen LogP contribution in [0, 0.1) is 5.92 Å². The van der Waals surface area contributed by atoms with Crippen molar-refractivity contribution in [1.29, 1.82) is 0 Å². The fourth-order valence-corrected chi connectivity index (χ4v) is 2.23. The SMILES string of the molecule is O=C(CCCl)N(CC1CCOC1)C1CC1. The van der Waals surface area contributed by atoms with E-state index in [9.17, 15) is 4.79 Å². The zero-order chi connectivity index (χ0) is 10.7. The number of rotatable bonds is 5. The number of hydrogen-bond acceptors (Lipinski definition) is 2. The number of alkyl halides is 1. The summed E-state index contributed by atoms with van der Waals surface area (Å²) in [4.78, 5) is 13.8. The number of carbonyl (C=O) groups excluding carboxylic acids is 1. The minimum absolute atomic E-state index is 0.222. The van der Waals surface area contributed by atoms with Gasteiger partial charge >= 0.3 is 0 Å². The number of carbonyl (C=O) groups is 1. The molecule has 1 saturated heterocycles. The summed E-state index contributed by atoms with van der Waals surface area (Å²) in [5.74, 6) is 1.20. The molecule has 0 aromatic rings. The van der Waals surface area contributed by atoms with Gasteiger partial charge in [-0.15, -0.1) is 11.6 Å². The van der Waals surface area contributed by atoms with E-state index in [2.05, 4.69) is 0 Å². The highest BCUT2D eigenvalue weighted by atomic mass is 35.5. The molecular weight excluding hydrogens is 214 g/mol. The van der Waals surface area contributed by atoms with Gasteiger partial charge in [0.15, 0.2) is 0 Å². The second-order valence-electron chi connectivity index (χ2n) is 4.45. The molecule has 1 aliphatic carbocycles. The minimum Gasteiger partial charge on any atom is -0.381 e. The number of hydrogen-bond donors (Lipinski definition) is 0. The Morgan fingerprint density at radius 1 is 1.40 bits per heavy atom. The first-order valence-corrected chi connectivity index (χ1v) is 6.28. The monoisotopic (exact) mass is 231 g/mol. The average molecular weight is 232 g/mol. The van der Waals surface area contributed by atoms with Crippen molar-refractivity contribution < 1.29 is 9.53 Å². The van der Waals surface area contributed by atoms with Crippen molar-refractivity contribution in [3.8, 4) is 0 Å². The van der Waals surface area contributed by atoms with Crippen molar-refractivity contribution in [3.63, 3.8) is 0 Å². The summed E-state index contributed by atoms with van der Waals surface area (Å²) in [5, 5.41) is 0. The molecule has 15 heavy (non-hydrogen) atoms. The van der Waals surface area contributed by atoms with Crippen LogP contribution in [0.5, 0.6) is 0 Å². The van der Waals surface area contributed by atoms with Gasteiger partial charge in [0.1, 0.15) is 0 Å². The maximum Gasteiger partial charge on any atom is 0.224 e. The van der Waals surface area contributed by atoms with Crippen molar-refractivity contribution in [2.24, 2.45) is 5.92 Å². The van der Waals surface area contributed by atoms with E-state index in [1.807, 2.05) is 4.90 Å². The first-order chi connectivity index (χ1) is 7.31. The highest BCUT2D eigenvalue weighted by molar-refractivity contribution is 6.18. The van der Waals surface area contributed by atoms with Crippen LogP contribution >= 0.6 is 11.6 Å². The second kappa shape index (κ2) is 5.17. The molecule has 2 rings (SSSR count). The van der Waals surface area contributed by atoms with Crippen molar-refractivity contribution in [2.75, 3.05) is 25.6 Å². The predicted octanol–water partition coefficient (Wildman–Crippen LogP) is 1.64. The lowest BCUT2D eigenvalue weighted by Gasteiger charge is -2.24. The summed E-state index contributed by atoms with van der Waals surface area (Å²) >= 11 is 5.61. The van der Waals surface area contributed by atoms with Crippen molar-refractivity contribution in [1.82, 2.24) is 4.90 Å². The van der Waals surface area contributed by atoms with E-state index in [-0.39, 0.29) is 5.91 Å². The average Bonchev–Trinajstić information content (AvgIpc) is 2.93. The Labute approximate surface area is 95.7 Å². The van der Waals surface area contributed by atoms with Gasteiger partial charge in [-0.1, -0.05) is 0 Å². The van der Waals surface area contributed by atoms with E-state index in [1.54, 1.807) is 0 Å². The summed E-state index contributed by atoms with van der Waals surface area (Å²) in [6.45, 7) is 2.55. The lowest BCUT2D eigenvalue weighted by atomic mass is 10.1. The zero-order valence-electron chi connectivity index (χ0n) is 8.95. The van der Waals surface area contributed by atoms with Gasteiger partial charge in [0, 0.05) is 37.4 Å². The molecule has 2 aliphatic rings. The van der Waals surface area contributed by atoms with E-state index in [0.29, 0.717) is 24.3 Å². The summed E-state index contributed by atoms with van der Waals surface area (Å²) in [5.41, 5.74) is 0. The minimum atomic E-state index is 0.222. The van der Waals surface area contributed by atoms with Crippen LogP contribution in [0.25, 0.3) is 0 Å². The molecule has 1 heterocycles. The predicted molar refractivity (Wildman–Crippen MR) is 59.0 cm³/mol. The van der Waals surface area contributed by atoms with Gasteiger partial charge in [-0.2, -0.15) is 0 Å². The maximum absolute atomic E-state index is 11.8. The van der Waals surface area contributed by atoms with Crippen LogP contribution in [0.3, 0.4) is 0 Å². The van der Waals surface area contributed by atoms with Crippen LogP contribution < -0.4 is 0 Å². The van der Waals surface area contributed by atoms with Crippen molar-refractivity contribution in [2.45, 2.75) is 31.7 Å². The fourth-order valence-electron chi connectivity index (χ4n) is 2.07. The Kier molecular flexibility index (Phi) is 3.87. The molecule has 0 aromatic carbocycles. The number of halogens is 1. The molecular formula is C11H18ClNO2. The molecule has 0 radical (unpaired) electrons. The summed E-state index contributed by atoms with van der Waals surface area (Å²) < 4.78 is 5.33. The highest BCUT2D eigenvalue weighted by Gasteiger charge is 2.34. The van der Waals surface area contributed by atoms with Crippen LogP contribution in [0.1, 0.15) is 25.7 Å². The normalized spacial score (nSPS) is 25.5. The first kappa shape index (κ1) is 11.2. The summed E-state index contributed by atoms with van der Waals surface area (Å²) in [7, 11) is 0. The third-order valence-electron chi connectivity index (χ3n) is 3.10. The summed E-state index contributed by atoms with van der Waals surface area (Å²) in [6, 6.07) is 0.501. The van der Waals surface area contributed by atoms with Gasteiger partial charge in [-0.3, -0.25) is 4.79 Å². The van der Waals surface area contributed by atoms with Crippen LogP contribution in [0.2, 0.25) is 0 Å². The number of ether oxygens (including phenoxy) is 1. The molecule has 3 nitrogen and oxygen atoms in total. The molecule has 0 spiro atoms. The molecule has 1 unspecified atom stereocenters. The third-order valence-corrected chi connectivity index (χ3v) is 3.28. The molecule has 1 amide bonds. The van der Waals surface area contributed by atoms with E-state index < -0.39 is 0 Å². The topological polar surface area (TPSA) is 29.5 Å². The molecule has 1 atom stereocenters. The highest BCUT2D eigenvalue weighted by Crippen LogP contribution is 2.29. The molecule has 1 aliphatic heterocycles. The molecule has 2 fully saturated rings. The molecule has 0 N–H and O–H groups in total. The number of nitrogens with zero attached hydrogens (tertiary/aromatic N) is 1. The van der Waals surface area contributed by atoms with E-state index in [1.165, 1.54) is 12.8 Å². The van der Waals surface area contributed by atoms with Crippen molar-refractivity contribution >= 4 is 17.5 Å². The summed E-state index contributed by atoms with van der Waals surface area (Å²) in [6.07, 6.45) is 3.91. The van der Waals surface area contributed by atoms with E-state index in [4.69, 9.17) is 16.3 Å². The van der Waals surface area contributed by atoms with Gasteiger partial charge in [-0.25, -0.2) is 0 Å². The maximum atomic E-state index is 11.8. The lowest BCUT2D eigenvalue weighted by molar-refractivity contribution is -0.132. The van der Waals surface area contributed by atoms with Gasteiger partial charge in [0.25, 0.3) is 0 Å². The molecule has 0 aromatic heterocycles. The van der Waals surface area contributed by atoms with Crippen LogP contribution in [-0.2, 0) is 9.53 Å². The first-order valence-electron chi connectivity index (χ1n) is 5.74. The molecule has 4 heteroatoms. The largest absolute Gasteiger partial charge is 0.381 e. The third kappa shape index (κ3) is 3.08. The quantitative estimate of drug-likeness (QED) is 0.674. The smallest absolute Gasteiger partial charge is 0.224 e. The van der Waals surface area contributed by atoms with Crippen LogP contribution in [0.4, 0.5) is 0 Å². The Morgan fingerprint density at radius 2 is 2.20 bits per heavy atom. The van der Waals surface area contributed by atoms with Crippen LogP contribution in [-0.4, -0.2) is 42.5 Å². The lowest BCUT2D eigenvalue weighted by Crippen LogP contribution is -2.37. The van der Waals surface area contributed by atoms with Gasteiger partial charge in [0.2, 0.25) is 5.91 Å². The fraction of sp³-hybridized carbons (Fsp3) is 0.909. The molecule has 1 saturated carbocycles. The van der Waals surface area contributed by atoms with Gasteiger partial charge in [0.05, 0.1) is 6.61 Å². The van der Waals surface area contributed by atoms with Crippen molar-refractivity contribution in [3.05, 3.63) is 0 Å². The van der Waals surface area contributed by atoms with Gasteiger partial charge in [-0.05, 0) is 19.3 Å². The Balaban J connectivity index is 1.84. The van der Waals surface area contributed by atoms with Gasteiger partial charge < -0.3 is 9.64 Å². The number of amides is 1. The standard InChI is InChI=1S/C11H18ClNO2/c12-5-3-11(14)13(10-1-2-10)7-9-4-6-15-8-9/h9-10H,1-8H2. The molecule has 0 bridgehead atoms. The van der Waals surface area contributed by atoms with Crippen LogP contribution in [0.15, 0.2) is 0 Å². The molecule has 86 valence electrons. The Morgan fingerprint density at radius 3 is 2.73 bits per heavy atom. The second-order valence-corrected chi connectivity index (χ2v) is 4.82. The zero-order valence-corrected chi connectivity index (χ0v) is 9.71.